The lowest BCUT2D eigenvalue weighted by molar-refractivity contribution is -0.134. The van der Waals surface area contributed by atoms with Crippen LogP contribution < -0.4 is 11.5 Å². The molecule has 0 aliphatic rings. The van der Waals surface area contributed by atoms with Gasteiger partial charge in [0.1, 0.15) is 0 Å². The fourth-order valence-electron chi connectivity index (χ4n) is 0.143. The summed E-state index contributed by atoms with van der Waals surface area (Å²) < 4.78 is 0. The molecule has 6 nitrogen and oxygen atoms in total. The van der Waals surface area contributed by atoms with Crippen LogP contribution in [0.25, 0.3) is 0 Å². The Labute approximate surface area is 69.5 Å². The average Bonchev–Trinajstić information content (AvgIpc) is 2.01. The van der Waals surface area contributed by atoms with Crippen LogP contribution >= 0.6 is 0 Å². The zero-order valence-corrected chi connectivity index (χ0v) is 6.43. The standard InChI is InChI=1S/C4H4O4.C2H8N2/c5-3(6)1-2-4(7)8;3-1-2-4/h1-2H,(H,5,6)(H,7,8);1-4H2. The molecule has 0 rings (SSSR count). The zero-order valence-electron chi connectivity index (χ0n) is 6.43. The molecule has 0 aromatic heterocycles. The molecule has 0 saturated carbocycles. The van der Waals surface area contributed by atoms with Crippen molar-refractivity contribution in [3.63, 3.8) is 0 Å². The molecule has 12 heavy (non-hydrogen) atoms. The lowest BCUT2D eigenvalue weighted by Gasteiger charge is -1.74. The van der Waals surface area contributed by atoms with Gasteiger partial charge in [-0.3, -0.25) is 0 Å². The third-order valence-electron chi connectivity index (χ3n) is 0.535. The van der Waals surface area contributed by atoms with Crippen molar-refractivity contribution in [2.75, 3.05) is 13.1 Å². The van der Waals surface area contributed by atoms with Crippen LogP contribution in [-0.2, 0) is 9.59 Å². The molecule has 6 heteroatoms. The van der Waals surface area contributed by atoms with Crippen molar-refractivity contribution in [3.05, 3.63) is 12.2 Å². The van der Waals surface area contributed by atoms with Crippen LogP contribution in [0.15, 0.2) is 12.2 Å². The maximum Gasteiger partial charge on any atom is 0.328 e. The van der Waals surface area contributed by atoms with Crippen molar-refractivity contribution in [1.82, 2.24) is 0 Å². The molecule has 6 N–H and O–H groups in total. The Hall–Kier alpha value is -1.40. The molecule has 0 aromatic rings. The molecule has 0 heterocycles. The van der Waals surface area contributed by atoms with E-state index < -0.39 is 11.9 Å². The third-order valence-corrected chi connectivity index (χ3v) is 0.535. The van der Waals surface area contributed by atoms with Gasteiger partial charge in [-0.25, -0.2) is 9.59 Å². The smallest absolute Gasteiger partial charge is 0.328 e. The normalized spacial score (nSPS) is 8.83. The van der Waals surface area contributed by atoms with Crippen molar-refractivity contribution in [3.8, 4) is 0 Å². The summed E-state index contributed by atoms with van der Waals surface area (Å²) in [7, 11) is 0. The highest BCUT2D eigenvalue weighted by atomic mass is 16.4. The molecular formula is C6H12N2O4. The molecule has 0 radical (unpaired) electrons. The van der Waals surface area contributed by atoms with Crippen molar-refractivity contribution in [2.24, 2.45) is 11.5 Å². The zero-order chi connectivity index (χ0) is 9.98. The molecule has 0 aliphatic carbocycles. The van der Waals surface area contributed by atoms with E-state index in [4.69, 9.17) is 21.7 Å². The van der Waals surface area contributed by atoms with Gasteiger partial charge in [0.2, 0.25) is 0 Å². The Balaban J connectivity index is 0. The minimum absolute atomic E-state index is 0.558. The van der Waals surface area contributed by atoms with Gasteiger partial charge >= 0.3 is 11.9 Å². The third kappa shape index (κ3) is 23.5. The van der Waals surface area contributed by atoms with Gasteiger partial charge in [0.15, 0.2) is 0 Å². The SMILES string of the molecule is NCCN.O=C(O)C=CC(=O)O. The lowest BCUT2D eigenvalue weighted by Crippen LogP contribution is -2.11. The minimum Gasteiger partial charge on any atom is -0.478 e. The number of nitrogens with two attached hydrogens (primary N) is 2. The van der Waals surface area contributed by atoms with Crippen LogP contribution in [0.1, 0.15) is 0 Å². The fourth-order valence-corrected chi connectivity index (χ4v) is 0.143. The lowest BCUT2D eigenvalue weighted by atomic mass is 10.5. The van der Waals surface area contributed by atoms with E-state index in [2.05, 4.69) is 0 Å². The molecular weight excluding hydrogens is 164 g/mol. The number of aliphatic carboxylic acids is 2. The largest absolute Gasteiger partial charge is 0.478 e. The number of hydrogen-bond acceptors (Lipinski definition) is 4. The summed E-state index contributed by atoms with van der Waals surface area (Å²) in [6, 6.07) is 0. The first-order chi connectivity index (χ1) is 5.54. The van der Waals surface area contributed by atoms with E-state index in [1.165, 1.54) is 0 Å². The van der Waals surface area contributed by atoms with Gasteiger partial charge in [-0.15, -0.1) is 0 Å². The predicted octanol–water partition coefficient (Wildman–Crippen LogP) is -1.38. The van der Waals surface area contributed by atoms with E-state index >= 15 is 0 Å². The Morgan fingerprint density at radius 2 is 1.25 bits per heavy atom. The molecule has 0 unspecified atom stereocenters. The molecule has 0 aromatic carbocycles. The van der Waals surface area contributed by atoms with E-state index in [0.29, 0.717) is 25.2 Å². The van der Waals surface area contributed by atoms with Gasteiger partial charge in [0, 0.05) is 25.2 Å². The maximum absolute atomic E-state index is 9.55. The number of carboxylic acid groups (broad SMARTS) is 2. The summed E-state index contributed by atoms with van der Waals surface area (Å²) in [4.78, 5) is 19.1. The number of carbonyl (C=O) groups is 2. The molecule has 0 spiro atoms. The van der Waals surface area contributed by atoms with Crippen LogP contribution in [-0.4, -0.2) is 35.2 Å². The second kappa shape index (κ2) is 9.60. The highest BCUT2D eigenvalue weighted by molar-refractivity contribution is 5.89. The topological polar surface area (TPSA) is 127 Å². The summed E-state index contributed by atoms with van der Waals surface area (Å²) in [5.41, 5.74) is 9.81. The van der Waals surface area contributed by atoms with E-state index in [1.54, 1.807) is 0 Å². The van der Waals surface area contributed by atoms with Crippen LogP contribution in [0.4, 0.5) is 0 Å². The second-order valence-corrected chi connectivity index (χ2v) is 1.59. The Kier molecular flexibility index (Phi) is 10.6. The summed E-state index contributed by atoms with van der Waals surface area (Å²) in [6.07, 6.45) is 1.12. The molecule has 0 atom stereocenters. The molecule has 0 bridgehead atoms. The van der Waals surface area contributed by atoms with E-state index in [1.807, 2.05) is 0 Å². The van der Waals surface area contributed by atoms with Crippen molar-refractivity contribution < 1.29 is 19.8 Å². The van der Waals surface area contributed by atoms with Gasteiger partial charge in [-0.05, 0) is 0 Å². The molecule has 70 valence electrons. The van der Waals surface area contributed by atoms with Gasteiger partial charge in [0.05, 0.1) is 0 Å². The molecule has 0 aliphatic heterocycles. The summed E-state index contributed by atoms with van der Waals surface area (Å²) >= 11 is 0. The average molecular weight is 176 g/mol. The number of carboxylic acids is 2. The van der Waals surface area contributed by atoms with Gasteiger partial charge in [-0.2, -0.15) is 0 Å². The van der Waals surface area contributed by atoms with Gasteiger partial charge < -0.3 is 21.7 Å². The van der Waals surface area contributed by atoms with E-state index in [9.17, 15) is 9.59 Å². The van der Waals surface area contributed by atoms with Crippen molar-refractivity contribution in [1.29, 1.82) is 0 Å². The second-order valence-electron chi connectivity index (χ2n) is 1.59. The number of rotatable bonds is 3. The predicted molar refractivity (Wildman–Crippen MR) is 42.5 cm³/mol. The summed E-state index contributed by atoms with van der Waals surface area (Å²) in [6.45, 7) is 1.19. The Bertz CT molecular complexity index is 149. The Morgan fingerprint density at radius 3 is 1.33 bits per heavy atom. The van der Waals surface area contributed by atoms with Crippen LogP contribution in [0.2, 0.25) is 0 Å². The molecule has 0 amide bonds. The first-order valence-corrected chi connectivity index (χ1v) is 3.08. The first kappa shape index (κ1) is 13.2. The minimum atomic E-state index is -1.26. The quantitative estimate of drug-likeness (QED) is 0.392. The van der Waals surface area contributed by atoms with Crippen molar-refractivity contribution >= 4 is 11.9 Å². The molecule has 0 fully saturated rings. The maximum atomic E-state index is 9.55. The fraction of sp³-hybridized carbons (Fsp3) is 0.333. The highest BCUT2D eigenvalue weighted by Crippen LogP contribution is 1.70. The monoisotopic (exact) mass is 176 g/mol. The van der Waals surface area contributed by atoms with Crippen LogP contribution in [0, 0.1) is 0 Å². The van der Waals surface area contributed by atoms with Crippen LogP contribution in [0.5, 0.6) is 0 Å². The Morgan fingerprint density at radius 1 is 1.00 bits per heavy atom. The van der Waals surface area contributed by atoms with Gasteiger partial charge in [0.25, 0.3) is 0 Å². The van der Waals surface area contributed by atoms with Crippen LogP contribution in [0.3, 0.4) is 0 Å². The molecule has 0 saturated heterocycles. The highest BCUT2D eigenvalue weighted by Gasteiger charge is 1.88. The summed E-state index contributed by atoms with van der Waals surface area (Å²) in [5.74, 6) is -2.51. The van der Waals surface area contributed by atoms with E-state index in [-0.39, 0.29) is 0 Å². The van der Waals surface area contributed by atoms with E-state index in [0.717, 1.165) is 0 Å². The van der Waals surface area contributed by atoms with Crippen molar-refractivity contribution in [2.45, 2.75) is 0 Å². The first-order valence-electron chi connectivity index (χ1n) is 3.08. The summed E-state index contributed by atoms with van der Waals surface area (Å²) in [5, 5.41) is 15.6. The van der Waals surface area contributed by atoms with Gasteiger partial charge in [-0.1, -0.05) is 0 Å². The number of hydrogen-bond donors (Lipinski definition) is 4.